The first-order chi connectivity index (χ1) is 15.1. The number of aliphatic hydroxyl groups is 1. The SMILES string of the molecule is COc1cc(C(C)N[C@H]2CC[C@@H](c3ccc(NCCNCCCO)nc3)C2)ccc1F. The van der Waals surface area contributed by atoms with E-state index in [1.807, 2.05) is 12.3 Å². The first-order valence-electron chi connectivity index (χ1n) is 11.2. The first-order valence-corrected chi connectivity index (χ1v) is 11.2. The minimum atomic E-state index is -0.331. The summed E-state index contributed by atoms with van der Waals surface area (Å²) < 4.78 is 18.8. The van der Waals surface area contributed by atoms with Crippen molar-refractivity contribution in [3.8, 4) is 5.75 Å². The lowest BCUT2D eigenvalue weighted by molar-refractivity contribution is 0.286. The van der Waals surface area contributed by atoms with Gasteiger partial charge in [0.2, 0.25) is 0 Å². The van der Waals surface area contributed by atoms with Crippen molar-refractivity contribution < 1.29 is 14.2 Å². The number of halogens is 1. The molecule has 6 nitrogen and oxygen atoms in total. The monoisotopic (exact) mass is 430 g/mol. The van der Waals surface area contributed by atoms with Crippen molar-refractivity contribution in [3.05, 3.63) is 53.5 Å². The van der Waals surface area contributed by atoms with Gasteiger partial charge in [-0.05, 0) is 74.4 Å². The second-order valence-corrected chi connectivity index (χ2v) is 8.22. The van der Waals surface area contributed by atoms with Crippen molar-refractivity contribution in [3.63, 3.8) is 0 Å². The van der Waals surface area contributed by atoms with E-state index in [1.165, 1.54) is 18.7 Å². The number of methoxy groups -OCH3 is 1. The molecule has 2 aromatic rings. The summed E-state index contributed by atoms with van der Waals surface area (Å²) in [6.07, 6.45) is 6.10. The summed E-state index contributed by atoms with van der Waals surface area (Å²) >= 11 is 0. The summed E-state index contributed by atoms with van der Waals surface area (Å²) in [6, 6.07) is 9.85. The standard InChI is InChI=1S/C24H35FN4O2/c1-17(18-5-8-22(25)23(15-18)31-2)29-21-7-4-19(14-21)20-6-9-24(28-16-20)27-12-11-26-10-3-13-30/h5-6,8-9,15-17,19,21,26,29-30H,3-4,7,10-14H2,1-2H3,(H,27,28)/t17?,19-,21+/m1/s1. The van der Waals surface area contributed by atoms with Gasteiger partial charge in [-0.3, -0.25) is 0 Å². The molecule has 1 aliphatic carbocycles. The zero-order valence-corrected chi connectivity index (χ0v) is 18.5. The lowest BCUT2D eigenvalue weighted by atomic mass is 9.99. The van der Waals surface area contributed by atoms with E-state index in [0.717, 1.165) is 56.7 Å². The Balaban J connectivity index is 1.45. The van der Waals surface area contributed by atoms with E-state index in [4.69, 9.17) is 9.84 Å². The number of aromatic nitrogens is 1. The fourth-order valence-corrected chi connectivity index (χ4v) is 4.19. The smallest absolute Gasteiger partial charge is 0.165 e. The summed E-state index contributed by atoms with van der Waals surface area (Å²) in [5.74, 6) is 1.35. The van der Waals surface area contributed by atoms with Crippen LogP contribution in [0.5, 0.6) is 5.75 Å². The molecule has 3 rings (SSSR count). The van der Waals surface area contributed by atoms with Gasteiger partial charge in [0, 0.05) is 38.0 Å². The third kappa shape index (κ3) is 6.89. The fraction of sp³-hybridized carbons (Fsp3) is 0.542. The van der Waals surface area contributed by atoms with Crippen LogP contribution in [0.4, 0.5) is 10.2 Å². The largest absolute Gasteiger partial charge is 0.494 e. The van der Waals surface area contributed by atoms with Gasteiger partial charge in [0.15, 0.2) is 11.6 Å². The molecular formula is C24H35FN4O2. The quantitative estimate of drug-likeness (QED) is 0.386. The van der Waals surface area contributed by atoms with Gasteiger partial charge in [-0.25, -0.2) is 9.37 Å². The van der Waals surface area contributed by atoms with Crippen LogP contribution in [0.2, 0.25) is 0 Å². The minimum Gasteiger partial charge on any atom is -0.494 e. The molecule has 1 aromatic carbocycles. The molecule has 1 aromatic heterocycles. The molecule has 0 radical (unpaired) electrons. The Kier molecular flexibility index (Phi) is 9.06. The van der Waals surface area contributed by atoms with Crippen LogP contribution in [-0.2, 0) is 0 Å². The topological polar surface area (TPSA) is 78.4 Å². The second-order valence-electron chi connectivity index (χ2n) is 8.22. The Morgan fingerprint density at radius 1 is 1.19 bits per heavy atom. The van der Waals surface area contributed by atoms with Crippen LogP contribution in [0.3, 0.4) is 0 Å². The number of rotatable bonds is 12. The molecule has 0 saturated heterocycles. The highest BCUT2D eigenvalue weighted by atomic mass is 19.1. The molecule has 1 unspecified atom stereocenters. The minimum absolute atomic E-state index is 0.133. The third-order valence-electron chi connectivity index (χ3n) is 5.97. The van der Waals surface area contributed by atoms with Gasteiger partial charge >= 0.3 is 0 Å². The van der Waals surface area contributed by atoms with E-state index in [2.05, 4.69) is 40.0 Å². The van der Waals surface area contributed by atoms with Crippen LogP contribution in [0.25, 0.3) is 0 Å². The number of ether oxygens (including phenoxy) is 1. The van der Waals surface area contributed by atoms with Crippen LogP contribution >= 0.6 is 0 Å². The molecule has 0 amide bonds. The molecule has 0 bridgehead atoms. The predicted octanol–water partition coefficient (Wildman–Crippen LogP) is 3.60. The predicted molar refractivity (Wildman–Crippen MR) is 122 cm³/mol. The number of benzene rings is 1. The third-order valence-corrected chi connectivity index (χ3v) is 5.97. The molecular weight excluding hydrogens is 395 g/mol. The Bertz CT molecular complexity index is 803. The van der Waals surface area contributed by atoms with Gasteiger partial charge in [0.05, 0.1) is 7.11 Å². The van der Waals surface area contributed by atoms with Crippen LogP contribution < -0.4 is 20.7 Å². The highest BCUT2D eigenvalue weighted by Gasteiger charge is 2.27. The summed E-state index contributed by atoms with van der Waals surface area (Å²) in [4.78, 5) is 4.57. The summed E-state index contributed by atoms with van der Waals surface area (Å²) in [5, 5.41) is 19.1. The van der Waals surface area contributed by atoms with Crippen molar-refractivity contribution in [2.45, 2.75) is 50.6 Å². The lowest BCUT2D eigenvalue weighted by Gasteiger charge is -2.21. The summed E-state index contributed by atoms with van der Waals surface area (Å²) in [6.45, 7) is 4.81. The van der Waals surface area contributed by atoms with Gasteiger partial charge in [0.1, 0.15) is 5.82 Å². The van der Waals surface area contributed by atoms with Crippen molar-refractivity contribution in [1.29, 1.82) is 0 Å². The molecule has 7 heteroatoms. The van der Waals surface area contributed by atoms with Gasteiger partial charge in [-0.1, -0.05) is 12.1 Å². The van der Waals surface area contributed by atoms with Crippen LogP contribution in [0.15, 0.2) is 36.5 Å². The molecule has 0 aliphatic heterocycles. The summed E-state index contributed by atoms with van der Waals surface area (Å²) in [7, 11) is 1.49. The van der Waals surface area contributed by atoms with Gasteiger partial charge in [0.25, 0.3) is 0 Å². The maximum atomic E-state index is 13.7. The fourth-order valence-electron chi connectivity index (χ4n) is 4.19. The molecule has 1 saturated carbocycles. The van der Waals surface area contributed by atoms with E-state index in [9.17, 15) is 4.39 Å². The van der Waals surface area contributed by atoms with Crippen molar-refractivity contribution in [1.82, 2.24) is 15.6 Å². The van der Waals surface area contributed by atoms with Crippen molar-refractivity contribution in [2.75, 3.05) is 38.7 Å². The average molecular weight is 431 g/mol. The lowest BCUT2D eigenvalue weighted by Crippen LogP contribution is -2.29. The van der Waals surface area contributed by atoms with Gasteiger partial charge < -0.3 is 25.8 Å². The maximum Gasteiger partial charge on any atom is 0.165 e. The van der Waals surface area contributed by atoms with Crippen LogP contribution in [0, 0.1) is 5.82 Å². The van der Waals surface area contributed by atoms with E-state index in [1.54, 1.807) is 6.07 Å². The highest BCUT2D eigenvalue weighted by molar-refractivity contribution is 5.36. The number of nitrogens with zero attached hydrogens (tertiary/aromatic N) is 1. The molecule has 31 heavy (non-hydrogen) atoms. The van der Waals surface area contributed by atoms with Gasteiger partial charge in [-0.2, -0.15) is 0 Å². The van der Waals surface area contributed by atoms with Crippen molar-refractivity contribution >= 4 is 5.82 Å². The first kappa shape index (κ1) is 23.4. The zero-order chi connectivity index (χ0) is 22.1. The number of hydrogen-bond acceptors (Lipinski definition) is 6. The Morgan fingerprint density at radius 2 is 2.06 bits per heavy atom. The number of hydrogen-bond donors (Lipinski definition) is 4. The number of anilines is 1. The molecule has 170 valence electrons. The maximum absolute atomic E-state index is 13.7. The Labute approximate surface area is 184 Å². The van der Waals surface area contributed by atoms with E-state index in [-0.39, 0.29) is 24.2 Å². The van der Waals surface area contributed by atoms with E-state index in [0.29, 0.717) is 12.0 Å². The molecule has 1 fully saturated rings. The van der Waals surface area contributed by atoms with E-state index >= 15 is 0 Å². The van der Waals surface area contributed by atoms with Crippen LogP contribution in [-0.4, -0.2) is 49.5 Å². The number of nitrogens with one attached hydrogen (secondary N) is 3. The Morgan fingerprint density at radius 3 is 2.81 bits per heavy atom. The number of aliphatic hydroxyl groups excluding tert-OH is 1. The highest BCUT2D eigenvalue weighted by Crippen LogP contribution is 2.35. The van der Waals surface area contributed by atoms with Crippen molar-refractivity contribution in [2.24, 2.45) is 0 Å². The molecule has 4 N–H and O–H groups in total. The molecule has 3 atom stereocenters. The molecule has 1 aliphatic rings. The van der Waals surface area contributed by atoms with Crippen LogP contribution in [0.1, 0.15) is 55.7 Å². The molecule has 1 heterocycles. The average Bonchev–Trinajstić information content (AvgIpc) is 3.25. The van der Waals surface area contributed by atoms with E-state index < -0.39 is 0 Å². The summed E-state index contributed by atoms with van der Waals surface area (Å²) in [5.41, 5.74) is 2.32. The normalized spacial score (nSPS) is 19.4. The number of pyridine rings is 1. The molecule has 0 spiro atoms. The van der Waals surface area contributed by atoms with Gasteiger partial charge in [-0.15, -0.1) is 0 Å². The second kappa shape index (κ2) is 12.0. The zero-order valence-electron chi connectivity index (χ0n) is 18.5. The Hall–Kier alpha value is -2.22.